The van der Waals surface area contributed by atoms with Crippen LogP contribution in [-0.2, 0) is 0 Å². The Bertz CT molecular complexity index is 413. The fourth-order valence-electron chi connectivity index (χ4n) is 2.35. The van der Waals surface area contributed by atoms with Crippen molar-refractivity contribution in [2.45, 2.75) is 38.8 Å². The van der Waals surface area contributed by atoms with E-state index in [2.05, 4.69) is 36.6 Å². The number of rotatable bonds is 6. The molecule has 1 aliphatic rings. The van der Waals surface area contributed by atoms with E-state index in [0.29, 0.717) is 6.04 Å². The number of likely N-dealkylation sites (N-methyl/N-ethyl adjacent to an activating group) is 1. The van der Waals surface area contributed by atoms with Crippen LogP contribution in [0.2, 0.25) is 0 Å². The van der Waals surface area contributed by atoms with Crippen LogP contribution in [0, 0.1) is 13.8 Å². The average Bonchev–Trinajstić information content (AvgIpc) is 3.19. The molecular weight excluding hydrogens is 224 g/mol. The van der Waals surface area contributed by atoms with Gasteiger partial charge in [0.15, 0.2) is 0 Å². The van der Waals surface area contributed by atoms with E-state index in [0.717, 1.165) is 18.3 Å². The Morgan fingerprint density at radius 3 is 2.56 bits per heavy atom. The molecule has 1 atom stereocenters. The first-order valence-electron chi connectivity index (χ1n) is 6.72. The van der Waals surface area contributed by atoms with Gasteiger partial charge in [-0.3, -0.25) is 0 Å². The van der Waals surface area contributed by atoms with Crippen molar-refractivity contribution in [2.75, 3.05) is 20.7 Å². The van der Waals surface area contributed by atoms with E-state index in [1.54, 1.807) is 7.11 Å². The molecule has 1 aliphatic carbocycles. The van der Waals surface area contributed by atoms with Crippen LogP contribution >= 0.6 is 0 Å². The molecule has 0 spiro atoms. The number of hydrogen-bond acceptors (Lipinski definition) is 3. The molecule has 0 aromatic heterocycles. The van der Waals surface area contributed by atoms with Gasteiger partial charge >= 0.3 is 0 Å². The first-order valence-corrected chi connectivity index (χ1v) is 6.72. The highest BCUT2D eigenvalue weighted by molar-refractivity contribution is 5.44. The highest BCUT2D eigenvalue weighted by atomic mass is 16.5. The van der Waals surface area contributed by atoms with Crippen molar-refractivity contribution in [3.8, 4) is 5.75 Å². The largest absolute Gasteiger partial charge is 0.496 e. The third kappa shape index (κ3) is 2.85. The molecule has 0 radical (unpaired) electrons. The van der Waals surface area contributed by atoms with Crippen molar-refractivity contribution in [3.63, 3.8) is 0 Å². The van der Waals surface area contributed by atoms with Crippen LogP contribution in [0.25, 0.3) is 0 Å². The molecule has 18 heavy (non-hydrogen) atoms. The lowest BCUT2D eigenvalue weighted by molar-refractivity contribution is 0.410. The maximum absolute atomic E-state index is 5.37. The van der Waals surface area contributed by atoms with E-state index in [-0.39, 0.29) is 0 Å². The minimum Gasteiger partial charge on any atom is -0.496 e. The number of nitrogens with one attached hydrogen (secondary N) is 2. The lowest BCUT2D eigenvalue weighted by Crippen LogP contribution is -2.31. The Morgan fingerprint density at radius 2 is 2.00 bits per heavy atom. The fraction of sp³-hybridized carbons (Fsp3) is 0.600. The number of ether oxygens (including phenoxy) is 1. The Hall–Kier alpha value is -1.06. The van der Waals surface area contributed by atoms with Gasteiger partial charge in [-0.25, -0.2) is 0 Å². The Balaban J connectivity index is 2.15. The molecule has 1 unspecified atom stereocenters. The van der Waals surface area contributed by atoms with Gasteiger partial charge in [0, 0.05) is 18.6 Å². The van der Waals surface area contributed by atoms with Crippen molar-refractivity contribution in [1.82, 2.24) is 10.6 Å². The summed E-state index contributed by atoms with van der Waals surface area (Å²) >= 11 is 0. The van der Waals surface area contributed by atoms with Gasteiger partial charge in [-0.15, -0.1) is 0 Å². The van der Waals surface area contributed by atoms with Crippen molar-refractivity contribution in [3.05, 3.63) is 28.8 Å². The predicted octanol–water partition coefficient (Wildman–Crippen LogP) is 2.32. The monoisotopic (exact) mass is 248 g/mol. The minimum absolute atomic E-state index is 0.371. The van der Waals surface area contributed by atoms with Gasteiger partial charge in [0.25, 0.3) is 0 Å². The molecule has 1 saturated carbocycles. The van der Waals surface area contributed by atoms with Gasteiger partial charge in [-0.1, -0.05) is 6.07 Å². The molecule has 0 saturated heterocycles. The molecule has 0 bridgehead atoms. The highest BCUT2D eigenvalue weighted by Gasteiger charge is 2.22. The second-order valence-corrected chi connectivity index (χ2v) is 5.13. The summed E-state index contributed by atoms with van der Waals surface area (Å²) in [4.78, 5) is 0. The van der Waals surface area contributed by atoms with Crippen LogP contribution in [-0.4, -0.2) is 26.7 Å². The Labute approximate surface area is 110 Å². The molecule has 100 valence electrons. The second kappa shape index (κ2) is 5.72. The van der Waals surface area contributed by atoms with E-state index in [1.165, 1.54) is 29.5 Å². The number of hydrogen-bond donors (Lipinski definition) is 2. The van der Waals surface area contributed by atoms with E-state index < -0.39 is 0 Å². The molecule has 3 nitrogen and oxygen atoms in total. The Kier molecular flexibility index (Phi) is 4.25. The smallest absolute Gasteiger partial charge is 0.122 e. The van der Waals surface area contributed by atoms with Crippen molar-refractivity contribution in [2.24, 2.45) is 0 Å². The summed E-state index contributed by atoms with van der Waals surface area (Å²) < 4.78 is 5.37. The third-order valence-corrected chi connectivity index (χ3v) is 3.91. The van der Waals surface area contributed by atoms with E-state index in [4.69, 9.17) is 4.74 Å². The SMILES string of the molecule is CNC(CNC1CC1)c1ccc(OC)c(C)c1C. The van der Waals surface area contributed by atoms with E-state index in [9.17, 15) is 0 Å². The first kappa shape index (κ1) is 13.4. The van der Waals surface area contributed by atoms with Gasteiger partial charge in [-0.05, 0) is 56.5 Å². The topological polar surface area (TPSA) is 33.3 Å². The zero-order chi connectivity index (χ0) is 13.1. The number of benzene rings is 1. The quantitative estimate of drug-likeness (QED) is 0.810. The molecule has 2 N–H and O–H groups in total. The molecule has 1 fully saturated rings. The summed E-state index contributed by atoms with van der Waals surface area (Å²) in [5, 5.41) is 6.99. The van der Waals surface area contributed by atoms with Crippen molar-refractivity contribution in [1.29, 1.82) is 0 Å². The normalized spacial score (nSPS) is 16.7. The molecular formula is C15H24N2O. The zero-order valence-corrected chi connectivity index (χ0v) is 11.8. The van der Waals surface area contributed by atoms with Crippen LogP contribution in [0.5, 0.6) is 5.75 Å². The fourth-order valence-corrected chi connectivity index (χ4v) is 2.35. The maximum Gasteiger partial charge on any atom is 0.122 e. The summed E-state index contributed by atoms with van der Waals surface area (Å²) in [6.45, 7) is 5.29. The maximum atomic E-state index is 5.37. The number of methoxy groups -OCH3 is 1. The predicted molar refractivity (Wildman–Crippen MR) is 75.3 cm³/mol. The summed E-state index contributed by atoms with van der Waals surface area (Å²) in [6.07, 6.45) is 2.66. The van der Waals surface area contributed by atoms with Gasteiger partial charge in [0.05, 0.1) is 7.11 Å². The molecule has 0 heterocycles. The molecule has 3 heteroatoms. The van der Waals surface area contributed by atoms with Crippen LogP contribution < -0.4 is 15.4 Å². The standard InChI is InChI=1S/C15H24N2O/c1-10-11(2)15(18-4)8-7-13(10)14(16-3)9-17-12-5-6-12/h7-8,12,14,16-17H,5-6,9H2,1-4H3. The van der Waals surface area contributed by atoms with Gasteiger partial charge in [0.1, 0.15) is 5.75 Å². The van der Waals surface area contributed by atoms with Crippen LogP contribution in [0.15, 0.2) is 12.1 Å². The highest BCUT2D eigenvalue weighted by Crippen LogP contribution is 2.28. The molecule has 2 rings (SSSR count). The van der Waals surface area contributed by atoms with E-state index >= 15 is 0 Å². The van der Waals surface area contributed by atoms with Gasteiger partial charge < -0.3 is 15.4 Å². The lowest BCUT2D eigenvalue weighted by atomic mass is 9.96. The molecule has 1 aromatic rings. The van der Waals surface area contributed by atoms with E-state index in [1.807, 2.05) is 7.05 Å². The van der Waals surface area contributed by atoms with Crippen molar-refractivity contribution < 1.29 is 4.74 Å². The van der Waals surface area contributed by atoms with Crippen molar-refractivity contribution >= 4 is 0 Å². The average molecular weight is 248 g/mol. The minimum atomic E-state index is 0.371. The van der Waals surface area contributed by atoms with Gasteiger partial charge in [0.2, 0.25) is 0 Å². The molecule has 0 aliphatic heterocycles. The zero-order valence-electron chi connectivity index (χ0n) is 11.8. The van der Waals surface area contributed by atoms with Crippen LogP contribution in [0.1, 0.15) is 35.6 Å². The summed E-state index contributed by atoms with van der Waals surface area (Å²) in [5.74, 6) is 0.973. The lowest BCUT2D eigenvalue weighted by Gasteiger charge is -2.21. The van der Waals surface area contributed by atoms with Crippen LogP contribution in [0.3, 0.4) is 0 Å². The second-order valence-electron chi connectivity index (χ2n) is 5.13. The Morgan fingerprint density at radius 1 is 1.28 bits per heavy atom. The summed E-state index contributed by atoms with van der Waals surface area (Å²) in [5.41, 5.74) is 3.93. The summed E-state index contributed by atoms with van der Waals surface area (Å²) in [6, 6.07) is 5.37. The third-order valence-electron chi connectivity index (χ3n) is 3.91. The first-order chi connectivity index (χ1) is 8.67. The molecule has 1 aromatic carbocycles. The van der Waals surface area contributed by atoms with Gasteiger partial charge in [-0.2, -0.15) is 0 Å². The van der Waals surface area contributed by atoms with Crippen LogP contribution in [0.4, 0.5) is 0 Å². The molecule has 0 amide bonds. The summed E-state index contributed by atoms with van der Waals surface area (Å²) in [7, 11) is 3.75.